The smallest absolute Gasteiger partial charge is 0.240 e. The first-order chi connectivity index (χ1) is 12.8. The summed E-state index contributed by atoms with van der Waals surface area (Å²) in [5.41, 5.74) is 9.94. The molecule has 1 fully saturated rings. The molecule has 0 aromatic rings. The van der Waals surface area contributed by atoms with Crippen molar-refractivity contribution in [2.24, 2.45) is 21.9 Å². The highest BCUT2D eigenvalue weighted by Crippen LogP contribution is 2.30. The Bertz CT molecular complexity index is 553. The van der Waals surface area contributed by atoms with Crippen LogP contribution in [0.25, 0.3) is 0 Å². The predicted octanol–water partition coefficient (Wildman–Crippen LogP) is -0.690. The molecule has 0 aliphatic carbocycles. The number of carbonyl (C=O) groups excluding carboxylic acids is 3. The molecule has 1 aliphatic rings. The molecule has 0 saturated carbocycles. The molecule has 0 aromatic carbocycles. The number of carbonyl (C=O) groups is 3. The summed E-state index contributed by atoms with van der Waals surface area (Å²) in [6, 6.07) is -0.410. The van der Waals surface area contributed by atoms with Gasteiger partial charge in [0.2, 0.25) is 11.8 Å². The molecule has 2 atom stereocenters. The van der Waals surface area contributed by atoms with Gasteiger partial charge in [0.05, 0.1) is 19.3 Å². The highest BCUT2D eigenvalue weighted by atomic mass is 32.2. The quantitative estimate of drug-likeness (QED) is 0.215. The highest BCUT2D eigenvalue weighted by Gasteiger charge is 2.34. The van der Waals surface area contributed by atoms with Crippen LogP contribution in [0.1, 0.15) is 39.0 Å². The van der Waals surface area contributed by atoms with Gasteiger partial charge in [0, 0.05) is 18.4 Å². The largest absolute Gasteiger partial charge is 0.370 e. The highest BCUT2D eigenvalue weighted by molar-refractivity contribution is 7.98. The first-order valence-corrected chi connectivity index (χ1v) is 10.5. The van der Waals surface area contributed by atoms with E-state index >= 15 is 0 Å². The first kappa shape index (κ1) is 23.2. The van der Waals surface area contributed by atoms with Gasteiger partial charge in [-0.05, 0) is 37.7 Å². The minimum absolute atomic E-state index is 0.0239. The molecule has 2 amide bonds. The van der Waals surface area contributed by atoms with E-state index in [1.807, 2.05) is 13.2 Å². The Balaban J connectivity index is 2.81. The number of guanidine groups is 1. The van der Waals surface area contributed by atoms with E-state index in [2.05, 4.69) is 20.9 Å². The second-order valence-electron chi connectivity index (χ2n) is 6.93. The number of hydrogen-bond acceptors (Lipinski definition) is 6. The van der Waals surface area contributed by atoms with Crippen molar-refractivity contribution in [3.05, 3.63) is 0 Å². The zero-order valence-corrected chi connectivity index (χ0v) is 17.0. The zero-order valence-electron chi connectivity index (χ0n) is 16.2. The number of nitrogens with one attached hydrogen (secondary N) is 3. The van der Waals surface area contributed by atoms with Crippen LogP contribution in [-0.2, 0) is 14.4 Å². The third kappa shape index (κ3) is 8.61. The number of nitrogens with zero attached hydrogens (tertiary/aromatic N) is 1. The van der Waals surface area contributed by atoms with E-state index in [1.54, 1.807) is 11.8 Å². The van der Waals surface area contributed by atoms with Gasteiger partial charge in [0.25, 0.3) is 0 Å². The standard InChI is InChI=1S/C17H32N6O3S/c1-17(7-9-27-2)6-5-13(24)12(4-3-8-20-16(18)19)22-11-23-14(25)10-21-15(17)26/h12,22H,3-11H2,1-2H3,(H,21,26)(H,23,25)(H4,18,19,20). The summed E-state index contributed by atoms with van der Waals surface area (Å²) < 4.78 is 0. The fourth-order valence-corrected chi connectivity index (χ4v) is 3.50. The number of nitrogens with two attached hydrogens (primary N) is 2. The third-order valence-corrected chi connectivity index (χ3v) is 5.32. The van der Waals surface area contributed by atoms with E-state index in [9.17, 15) is 14.4 Å². The number of hydrogen-bond donors (Lipinski definition) is 5. The van der Waals surface area contributed by atoms with E-state index in [1.165, 1.54) is 0 Å². The Kier molecular flexibility index (Phi) is 10.2. The normalized spacial score (nSPS) is 25.0. The summed E-state index contributed by atoms with van der Waals surface area (Å²) in [6.07, 6.45) is 4.57. The molecule has 27 heavy (non-hydrogen) atoms. The first-order valence-electron chi connectivity index (χ1n) is 9.14. The number of Topliss-reactive ketones (excluding diaryl/α,β-unsaturated/α-hetero) is 1. The third-order valence-electron chi connectivity index (χ3n) is 4.71. The molecule has 0 aromatic heterocycles. The molecule has 2 unspecified atom stereocenters. The molecule has 0 bridgehead atoms. The van der Waals surface area contributed by atoms with Gasteiger partial charge < -0.3 is 22.1 Å². The van der Waals surface area contributed by atoms with Crippen LogP contribution in [0.5, 0.6) is 0 Å². The molecule has 154 valence electrons. The van der Waals surface area contributed by atoms with Crippen molar-refractivity contribution in [1.29, 1.82) is 0 Å². The zero-order chi connectivity index (χ0) is 20.3. The van der Waals surface area contributed by atoms with Gasteiger partial charge in [-0.1, -0.05) is 6.92 Å². The average molecular weight is 401 g/mol. The lowest BCUT2D eigenvalue weighted by atomic mass is 9.80. The number of ketones is 1. The van der Waals surface area contributed by atoms with Crippen molar-refractivity contribution in [3.8, 4) is 0 Å². The lowest BCUT2D eigenvalue weighted by Crippen LogP contribution is -2.49. The van der Waals surface area contributed by atoms with Crippen LogP contribution in [0, 0.1) is 5.41 Å². The second kappa shape index (κ2) is 11.8. The van der Waals surface area contributed by atoms with Gasteiger partial charge in [0.15, 0.2) is 5.96 Å². The van der Waals surface area contributed by atoms with E-state index in [0.29, 0.717) is 38.6 Å². The molecule has 1 saturated heterocycles. The van der Waals surface area contributed by atoms with Crippen molar-refractivity contribution in [1.82, 2.24) is 16.0 Å². The number of thioether (sulfide) groups is 1. The van der Waals surface area contributed by atoms with Crippen molar-refractivity contribution in [2.75, 3.05) is 31.8 Å². The number of amides is 2. The Labute approximate surface area is 164 Å². The molecule has 7 N–H and O–H groups in total. The molecule has 10 heteroatoms. The van der Waals surface area contributed by atoms with Gasteiger partial charge >= 0.3 is 0 Å². The summed E-state index contributed by atoms with van der Waals surface area (Å²) in [5.74, 6) is 0.381. The summed E-state index contributed by atoms with van der Waals surface area (Å²) >= 11 is 1.65. The van der Waals surface area contributed by atoms with Gasteiger partial charge in [-0.25, -0.2) is 0 Å². The van der Waals surface area contributed by atoms with Crippen LogP contribution in [-0.4, -0.2) is 61.4 Å². The molecule has 0 spiro atoms. The fraction of sp³-hybridized carbons (Fsp3) is 0.765. The van der Waals surface area contributed by atoms with E-state index < -0.39 is 11.5 Å². The van der Waals surface area contributed by atoms with E-state index in [4.69, 9.17) is 11.5 Å². The fourth-order valence-electron chi connectivity index (χ4n) is 2.84. The summed E-state index contributed by atoms with van der Waals surface area (Å²) in [7, 11) is 0. The van der Waals surface area contributed by atoms with Crippen molar-refractivity contribution in [3.63, 3.8) is 0 Å². The maximum Gasteiger partial charge on any atom is 0.240 e. The maximum atomic E-state index is 12.7. The van der Waals surface area contributed by atoms with Crippen LogP contribution in [0.2, 0.25) is 0 Å². The Morgan fingerprint density at radius 2 is 2.04 bits per heavy atom. The van der Waals surface area contributed by atoms with Gasteiger partial charge in [-0.2, -0.15) is 11.8 Å². The van der Waals surface area contributed by atoms with Crippen molar-refractivity contribution >= 4 is 35.3 Å². The van der Waals surface area contributed by atoms with Crippen molar-refractivity contribution in [2.45, 2.75) is 45.1 Å². The summed E-state index contributed by atoms with van der Waals surface area (Å²) in [6.45, 7) is 2.39. The maximum absolute atomic E-state index is 12.7. The lowest BCUT2D eigenvalue weighted by molar-refractivity contribution is -0.134. The topological polar surface area (TPSA) is 152 Å². The molecule has 1 rings (SSSR count). The monoisotopic (exact) mass is 400 g/mol. The predicted molar refractivity (Wildman–Crippen MR) is 108 cm³/mol. The molecule has 1 heterocycles. The van der Waals surface area contributed by atoms with Gasteiger partial charge in [-0.3, -0.25) is 24.7 Å². The summed E-state index contributed by atoms with van der Waals surface area (Å²) in [5, 5.41) is 8.43. The van der Waals surface area contributed by atoms with Crippen LogP contribution in [0.4, 0.5) is 0 Å². The van der Waals surface area contributed by atoms with Crippen LogP contribution in [0.15, 0.2) is 4.99 Å². The molecular formula is C17H32N6O3S. The SMILES string of the molecule is CSCCC1(C)CCC(=O)C(CCCN=C(N)N)NCNC(=O)CNC1=O. The van der Waals surface area contributed by atoms with Gasteiger partial charge in [-0.15, -0.1) is 0 Å². The Morgan fingerprint density at radius 1 is 1.30 bits per heavy atom. The minimum Gasteiger partial charge on any atom is -0.370 e. The number of aliphatic imine (C=N–C) groups is 1. The molecule has 1 aliphatic heterocycles. The van der Waals surface area contributed by atoms with Crippen LogP contribution in [0.3, 0.4) is 0 Å². The van der Waals surface area contributed by atoms with E-state index in [-0.39, 0.29) is 36.8 Å². The summed E-state index contributed by atoms with van der Waals surface area (Å²) in [4.78, 5) is 41.1. The molecular weight excluding hydrogens is 368 g/mol. The Hall–Kier alpha value is -1.81. The molecule has 0 radical (unpaired) electrons. The minimum atomic E-state index is -0.680. The average Bonchev–Trinajstić information content (AvgIpc) is 2.63. The second-order valence-corrected chi connectivity index (χ2v) is 7.92. The van der Waals surface area contributed by atoms with Crippen molar-refractivity contribution < 1.29 is 14.4 Å². The van der Waals surface area contributed by atoms with Crippen LogP contribution < -0.4 is 27.4 Å². The van der Waals surface area contributed by atoms with Gasteiger partial charge in [0.1, 0.15) is 5.78 Å². The Morgan fingerprint density at radius 3 is 2.70 bits per heavy atom. The number of rotatable bonds is 7. The van der Waals surface area contributed by atoms with Crippen LogP contribution >= 0.6 is 11.8 Å². The molecule has 9 nitrogen and oxygen atoms in total. The lowest BCUT2D eigenvalue weighted by Gasteiger charge is -2.29. The van der Waals surface area contributed by atoms with E-state index in [0.717, 1.165) is 5.75 Å².